The van der Waals surface area contributed by atoms with E-state index < -0.39 is 21.3 Å². The third-order valence-corrected chi connectivity index (χ3v) is 4.21. The second kappa shape index (κ2) is 3.86. The summed E-state index contributed by atoms with van der Waals surface area (Å²) in [5.74, 6) is -0.144. The molecule has 1 fully saturated rings. The highest BCUT2D eigenvalue weighted by atomic mass is 32.2. The van der Waals surface area contributed by atoms with Crippen LogP contribution >= 0.6 is 0 Å². The fourth-order valence-electron chi connectivity index (χ4n) is 1.27. The van der Waals surface area contributed by atoms with Gasteiger partial charge in [0.2, 0.25) is 15.9 Å². The van der Waals surface area contributed by atoms with Crippen LogP contribution in [0.2, 0.25) is 0 Å². The van der Waals surface area contributed by atoms with Gasteiger partial charge >= 0.3 is 0 Å². The third-order valence-electron chi connectivity index (χ3n) is 2.35. The lowest BCUT2D eigenvalue weighted by Crippen LogP contribution is -2.43. The lowest BCUT2D eigenvalue weighted by molar-refractivity contribution is -0.127. The Morgan fingerprint density at radius 2 is 2.07 bits per heavy atom. The summed E-state index contributed by atoms with van der Waals surface area (Å²) in [5, 5.41) is -0.499. The Morgan fingerprint density at radius 1 is 1.50 bits per heavy atom. The normalized spacial score (nSPS) is 23.6. The molecule has 0 aromatic carbocycles. The van der Waals surface area contributed by atoms with Crippen molar-refractivity contribution in [3.8, 4) is 0 Å². The van der Waals surface area contributed by atoms with Crippen molar-refractivity contribution in [3.63, 3.8) is 0 Å². The van der Waals surface area contributed by atoms with Crippen LogP contribution in [0.1, 0.15) is 20.3 Å². The molecule has 1 unspecified atom stereocenters. The fourth-order valence-corrected chi connectivity index (χ4v) is 2.15. The lowest BCUT2D eigenvalue weighted by Gasteiger charge is -2.14. The van der Waals surface area contributed by atoms with Gasteiger partial charge < -0.3 is 4.90 Å². The summed E-state index contributed by atoms with van der Waals surface area (Å²) in [5.41, 5.74) is 0. The van der Waals surface area contributed by atoms with Crippen LogP contribution in [0.5, 0.6) is 0 Å². The van der Waals surface area contributed by atoms with Gasteiger partial charge in [-0.05, 0) is 20.3 Å². The molecule has 0 aliphatic carbocycles. The largest absolute Gasteiger partial charge is 0.344 e. The smallest absolute Gasteiger partial charge is 0.240 e. The minimum Gasteiger partial charge on any atom is -0.344 e. The van der Waals surface area contributed by atoms with Crippen molar-refractivity contribution in [1.82, 2.24) is 9.62 Å². The quantitative estimate of drug-likeness (QED) is 0.700. The lowest BCUT2D eigenvalue weighted by atomic mass is 10.3. The van der Waals surface area contributed by atoms with Gasteiger partial charge in [0.1, 0.15) is 6.04 Å². The molecule has 0 spiro atoms. The summed E-state index contributed by atoms with van der Waals surface area (Å²) in [6.07, 6.45) is 0.557. The van der Waals surface area contributed by atoms with Gasteiger partial charge in [0.05, 0.1) is 5.25 Å². The molecule has 5 nitrogen and oxygen atoms in total. The molecule has 1 atom stereocenters. The maximum atomic E-state index is 11.5. The Hall–Kier alpha value is -0.620. The Bertz CT molecular complexity index is 323. The van der Waals surface area contributed by atoms with Crippen LogP contribution in [-0.2, 0) is 14.8 Å². The van der Waals surface area contributed by atoms with Crippen LogP contribution in [0.25, 0.3) is 0 Å². The van der Waals surface area contributed by atoms with Gasteiger partial charge in [-0.15, -0.1) is 0 Å². The number of carbonyl (C=O) groups is 1. The number of sulfonamides is 1. The van der Waals surface area contributed by atoms with Crippen molar-refractivity contribution >= 4 is 15.9 Å². The average Bonchev–Trinajstić information content (AvgIpc) is 2.35. The molecule has 6 heteroatoms. The Morgan fingerprint density at radius 3 is 2.43 bits per heavy atom. The Kier molecular flexibility index (Phi) is 3.16. The predicted molar refractivity (Wildman–Crippen MR) is 53.2 cm³/mol. The minimum atomic E-state index is -3.34. The molecule has 1 N–H and O–H groups in total. The Labute approximate surface area is 84.5 Å². The highest BCUT2D eigenvalue weighted by molar-refractivity contribution is 7.90. The number of nitrogens with zero attached hydrogens (tertiary/aromatic N) is 1. The summed E-state index contributed by atoms with van der Waals surface area (Å²) in [6, 6.07) is -0.563. The topological polar surface area (TPSA) is 66.5 Å². The van der Waals surface area contributed by atoms with E-state index in [9.17, 15) is 13.2 Å². The van der Waals surface area contributed by atoms with Crippen LogP contribution in [-0.4, -0.2) is 44.1 Å². The predicted octanol–water partition coefficient (Wildman–Crippen LogP) is -0.455. The molecule has 82 valence electrons. The van der Waals surface area contributed by atoms with Crippen molar-refractivity contribution in [2.75, 3.05) is 13.6 Å². The summed E-state index contributed by atoms with van der Waals surface area (Å²) >= 11 is 0. The van der Waals surface area contributed by atoms with Crippen molar-refractivity contribution in [1.29, 1.82) is 0 Å². The van der Waals surface area contributed by atoms with Crippen LogP contribution < -0.4 is 4.72 Å². The van der Waals surface area contributed by atoms with E-state index in [0.29, 0.717) is 13.0 Å². The van der Waals surface area contributed by atoms with E-state index in [1.54, 1.807) is 20.9 Å². The average molecular weight is 220 g/mol. The van der Waals surface area contributed by atoms with Crippen LogP contribution in [0.15, 0.2) is 0 Å². The first kappa shape index (κ1) is 11.5. The fraction of sp³-hybridized carbons (Fsp3) is 0.875. The molecular formula is C8H16N2O3S. The van der Waals surface area contributed by atoms with E-state index in [4.69, 9.17) is 0 Å². The van der Waals surface area contributed by atoms with Crippen molar-refractivity contribution in [2.45, 2.75) is 31.6 Å². The number of likely N-dealkylation sites (tertiary alicyclic amines) is 1. The van der Waals surface area contributed by atoms with Gasteiger partial charge in [-0.25, -0.2) is 13.1 Å². The number of rotatable bonds is 3. The SMILES string of the molecule is CC(C)S(=O)(=O)NC1CCN(C)C1=O. The van der Waals surface area contributed by atoms with Gasteiger partial charge in [-0.1, -0.05) is 0 Å². The molecular weight excluding hydrogens is 204 g/mol. The second-order valence-electron chi connectivity index (χ2n) is 3.81. The first-order valence-electron chi connectivity index (χ1n) is 4.60. The minimum absolute atomic E-state index is 0.144. The van der Waals surface area contributed by atoms with E-state index in [-0.39, 0.29) is 5.91 Å². The monoisotopic (exact) mass is 220 g/mol. The zero-order chi connectivity index (χ0) is 10.9. The summed E-state index contributed by atoms with van der Waals surface area (Å²) in [4.78, 5) is 12.9. The maximum Gasteiger partial charge on any atom is 0.240 e. The maximum absolute atomic E-state index is 11.5. The van der Waals surface area contributed by atoms with E-state index in [0.717, 1.165) is 0 Å². The molecule has 0 radical (unpaired) electrons. The zero-order valence-corrected chi connectivity index (χ0v) is 9.47. The van der Waals surface area contributed by atoms with Crippen molar-refractivity contribution < 1.29 is 13.2 Å². The van der Waals surface area contributed by atoms with E-state index in [1.807, 2.05) is 0 Å². The number of hydrogen-bond donors (Lipinski definition) is 1. The Balaban J connectivity index is 2.67. The van der Waals surface area contributed by atoms with Crippen LogP contribution in [0, 0.1) is 0 Å². The van der Waals surface area contributed by atoms with E-state index >= 15 is 0 Å². The highest BCUT2D eigenvalue weighted by Gasteiger charge is 2.33. The number of nitrogens with one attached hydrogen (secondary N) is 1. The molecule has 1 aliphatic rings. The first-order valence-corrected chi connectivity index (χ1v) is 6.15. The summed E-state index contributed by atoms with van der Waals surface area (Å²) in [7, 11) is -1.66. The molecule has 0 aromatic rings. The van der Waals surface area contributed by atoms with Gasteiger partial charge in [0, 0.05) is 13.6 Å². The molecule has 14 heavy (non-hydrogen) atoms. The van der Waals surface area contributed by atoms with E-state index in [2.05, 4.69) is 4.72 Å². The van der Waals surface area contributed by atoms with Gasteiger partial charge in [0.25, 0.3) is 0 Å². The van der Waals surface area contributed by atoms with Gasteiger partial charge in [-0.3, -0.25) is 4.79 Å². The standard InChI is InChI=1S/C8H16N2O3S/c1-6(2)14(12,13)9-7-4-5-10(3)8(7)11/h6-7,9H,4-5H2,1-3H3. The molecule has 1 saturated heterocycles. The summed E-state index contributed by atoms with van der Waals surface area (Å²) < 4.78 is 25.3. The van der Waals surface area contributed by atoms with Gasteiger partial charge in [0.15, 0.2) is 0 Å². The summed E-state index contributed by atoms with van der Waals surface area (Å²) in [6.45, 7) is 3.79. The molecule has 1 heterocycles. The zero-order valence-electron chi connectivity index (χ0n) is 8.65. The highest BCUT2D eigenvalue weighted by Crippen LogP contribution is 2.10. The van der Waals surface area contributed by atoms with E-state index in [1.165, 1.54) is 4.90 Å². The molecule has 0 aromatic heterocycles. The van der Waals surface area contributed by atoms with Crippen LogP contribution in [0.4, 0.5) is 0 Å². The molecule has 0 saturated carbocycles. The number of amides is 1. The van der Waals surface area contributed by atoms with Gasteiger partial charge in [-0.2, -0.15) is 0 Å². The number of carbonyl (C=O) groups excluding carboxylic acids is 1. The molecule has 0 bridgehead atoms. The van der Waals surface area contributed by atoms with Crippen LogP contribution in [0.3, 0.4) is 0 Å². The second-order valence-corrected chi connectivity index (χ2v) is 6.08. The molecule has 1 rings (SSSR count). The molecule has 1 amide bonds. The number of hydrogen-bond acceptors (Lipinski definition) is 3. The number of likely N-dealkylation sites (N-methyl/N-ethyl adjacent to an activating group) is 1. The first-order chi connectivity index (χ1) is 6.34. The van der Waals surface area contributed by atoms with Crippen molar-refractivity contribution in [3.05, 3.63) is 0 Å². The molecule has 1 aliphatic heterocycles. The van der Waals surface area contributed by atoms with Crippen molar-refractivity contribution in [2.24, 2.45) is 0 Å². The third kappa shape index (κ3) is 2.24.